The van der Waals surface area contributed by atoms with Crippen molar-refractivity contribution in [3.05, 3.63) is 28.9 Å². The van der Waals surface area contributed by atoms with Crippen LogP contribution in [-0.4, -0.2) is 20.8 Å². The van der Waals surface area contributed by atoms with Crippen molar-refractivity contribution in [1.29, 1.82) is 0 Å². The van der Waals surface area contributed by atoms with Gasteiger partial charge in [-0.15, -0.1) is 0 Å². The van der Waals surface area contributed by atoms with E-state index in [1.54, 1.807) is 0 Å². The molecule has 0 radical (unpaired) electrons. The van der Waals surface area contributed by atoms with E-state index in [0.717, 1.165) is 10.2 Å². The second-order valence-electron chi connectivity index (χ2n) is 10.2. The molecule has 0 N–H and O–H groups in total. The van der Waals surface area contributed by atoms with Gasteiger partial charge in [0.1, 0.15) is 5.75 Å². The van der Waals surface area contributed by atoms with Gasteiger partial charge in [0, 0.05) is 21.6 Å². The predicted molar refractivity (Wildman–Crippen MR) is 120 cm³/mol. The quantitative estimate of drug-likeness (QED) is 0.447. The summed E-state index contributed by atoms with van der Waals surface area (Å²) in [4.78, 5) is 0. The number of nitrogens with zero attached hydrogens (tertiary/aromatic N) is 1. The minimum absolute atomic E-state index is 0.201. The zero-order valence-corrected chi connectivity index (χ0v) is 21.1. The van der Waals surface area contributed by atoms with Crippen molar-refractivity contribution in [2.24, 2.45) is 0 Å². The topological polar surface area (TPSA) is 14.2 Å². The Bertz CT molecular complexity index is 779. The van der Waals surface area contributed by atoms with Crippen LogP contribution in [0.1, 0.15) is 41.5 Å². The number of fused-ring (bicyclic) bond motifs is 1. The molecule has 1 aromatic carbocycles. The Labute approximate surface area is 164 Å². The summed E-state index contributed by atoms with van der Waals surface area (Å²) in [6.07, 6.45) is 2.28. The maximum atomic E-state index is 6.51. The number of benzene rings is 1. The summed E-state index contributed by atoms with van der Waals surface area (Å²) >= 11 is 3.79. The maximum absolute atomic E-state index is 6.51. The average molecular weight is 441 g/mol. The first-order valence-corrected chi connectivity index (χ1v) is 15.7. The van der Waals surface area contributed by atoms with E-state index >= 15 is 0 Å². The number of hydrogen-bond acceptors (Lipinski definition) is 1. The van der Waals surface area contributed by atoms with Crippen LogP contribution in [0.25, 0.3) is 10.9 Å². The molecule has 0 aliphatic rings. The predicted octanol–water partition coefficient (Wildman–Crippen LogP) is 7.64. The molecule has 25 heavy (non-hydrogen) atoms. The van der Waals surface area contributed by atoms with E-state index in [2.05, 4.69) is 112 Å². The monoisotopic (exact) mass is 439 g/mol. The molecule has 0 spiro atoms. The molecule has 1 aromatic heterocycles. The molecule has 2 rings (SSSR count). The van der Waals surface area contributed by atoms with E-state index in [-0.39, 0.29) is 10.1 Å². The molecule has 5 heteroatoms. The van der Waals surface area contributed by atoms with Gasteiger partial charge < -0.3 is 8.66 Å². The van der Waals surface area contributed by atoms with Gasteiger partial charge in [-0.25, -0.2) is 0 Å². The standard InChI is InChI=1S/C20H34BrNOSi2/c1-19(2,3)24(7,8)22-14-17(21)16-13-15(11-12-18(16)22)23-25(9,10)20(4,5)6/h11-14H,1-10H3. The molecule has 0 aliphatic heterocycles. The fraction of sp³-hybridized carbons (Fsp3) is 0.600. The molecule has 0 bridgehead atoms. The number of aromatic nitrogens is 1. The zero-order chi connectivity index (χ0) is 19.4. The van der Waals surface area contributed by atoms with Crippen LogP contribution in [-0.2, 0) is 0 Å². The Morgan fingerprint density at radius 1 is 0.920 bits per heavy atom. The minimum Gasteiger partial charge on any atom is -0.543 e. The summed E-state index contributed by atoms with van der Waals surface area (Å²) in [5.74, 6) is 0.993. The highest BCUT2D eigenvalue weighted by Gasteiger charge is 2.40. The van der Waals surface area contributed by atoms with Gasteiger partial charge in [-0.2, -0.15) is 0 Å². The van der Waals surface area contributed by atoms with Crippen LogP contribution in [0.15, 0.2) is 28.9 Å². The molecule has 0 amide bonds. The minimum atomic E-state index is -1.82. The first-order chi connectivity index (χ1) is 11.1. The van der Waals surface area contributed by atoms with Crippen LogP contribution in [0.3, 0.4) is 0 Å². The smallest absolute Gasteiger partial charge is 0.250 e. The summed E-state index contributed by atoms with van der Waals surface area (Å²) in [5, 5.41) is 1.74. The van der Waals surface area contributed by atoms with E-state index in [1.807, 2.05) is 0 Å². The summed E-state index contributed by atoms with van der Waals surface area (Å²) in [6.45, 7) is 23.4. The number of halogens is 1. The lowest BCUT2D eigenvalue weighted by molar-refractivity contribution is 0.493. The van der Waals surface area contributed by atoms with E-state index in [0.29, 0.717) is 0 Å². The third-order valence-electron chi connectivity index (χ3n) is 6.34. The van der Waals surface area contributed by atoms with Gasteiger partial charge in [0.15, 0.2) is 8.24 Å². The SMILES string of the molecule is CC(C)(C)[Si](C)(C)Oc1ccc2c(c1)c(Br)cn2[Si](C)(C)C(C)(C)C. The maximum Gasteiger partial charge on any atom is 0.250 e. The molecule has 0 fully saturated rings. The third kappa shape index (κ3) is 3.79. The van der Waals surface area contributed by atoms with Crippen molar-refractivity contribution in [3.8, 4) is 5.75 Å². The molecule has 0 atom stereocenters. The molecular formula is C20H34BrNOSi2. The van der Waals surface area contributed by atoms with E-state index in [9.17, 15) is 0 Å². The largest absolute Gasteiger partial charge is 0.543 e. The average Bonchev–Trinajstić information content (AvgIpc) is 2.73. The van der Waals surface area contributed by atoms with Gasteiger partial charge in [-0.05, 0) is 57.3 Å². The molecule has 2 nitrogen and oxygen atoms in total. The Balaban J connectivity index is 2.52. The van der Waals surface area contributed by atoms with Crippen molar-refractivity contribution in [3.63, 3.8) is 0 Å². The van der Waals surface area contributed by atoms with Gasteiger partial charge in [0.2, 0.25) is 8.32 Å². The van der Waals surface area contributed by atoms with Gasteiger partial charge in [-0.1, -0.05) is 54.6 Å². The molecule has 0 saturated heterocycles. The molecular weight excluding hydrogens is 406 g/mol. The molecule has 0 unspecified atom stereocenters. The van der Waals surface area contributed by atoms with Crippen LogP contribution in [0.4, 0.5) is 0 Å². The highest BCUT2D eigenvalue weighted by Crippen LogP contribution is 2.42. The van der Waals surface area contributed by atoms with Crippen molar-refractivity contribution in [2.45, 2.75) is 77.8 Å². The van der Waals surface area contributed by atoms with Crippen molar-refractivity contribution in [1.82, 2.24) is 4.23 Å². The third-order valence-corrected chi connectivity index (χ3v) is 16.6. The molecule has 140 valence electrons. The number of hydrogen-bond donors (Lipinski definition) is 0. The lowest BCUT2D eigenvalue weighted by Crippen LogP contribution is -2.45. The van der Waals surface area contributed by atoms with Crippen LogP contribution < -0.4 is 4.43 Å². The highest BCUT2D eigenvalue weighted by atomic mass is 79.9. The number of rotatable bonds is 3. The highest BCUT2D eigenvalue weighted by molar-refractivity contribution is 9.10. The Hall–Kier alpha value is -0.526. The van der Waals surface area contributed by atoms with Gasteiger partial charge in [0.05, 0.1) is 0 Å². The van der Waals surface area contributed by atoms with Gasteiger partial charge in [-0.3, -0.25) is 0 Å². The summed E-state index contributed by atoms with van der Waals surface area (Å²) < 4.78 is 10.2. The van der Waals surface area contributed by atoms with Crippen molar-refractivity contribution < 1.29 is 4.43 Å². The summed E-state index contributed by atoms with van der Waals surface area (Å²) in [7, 11) is -3.49. The zero-order valence-electron chi connectivity index (χ0n) is 17.5. The lowest BCUT2D eigenvalue weighted by Gasteiger charge is -2.38. The first-order valence-electron chi connectivity index (χ1n) is 9.08. The molecule has 1 heterocycles. The Kier molecular flexibility index (Phi) is 5.21. The Morgan fingerprint density at radius 2 is 1.48 bits per heavy atom. The fourth-order valence-corrected chi connectivity index (χ4v) is 6.21. The van der Waals surface area contributed by atoms with Gasteiger partial charge in [0.25, 0.3) is 0 Å². The summed E-state index contributed by atoms with van der Waals surface area (Å²) in [5.41, 5.74) is 1.31. The lowest BCUT2D eigenvalue weighted by atomic mass is 10.2. The van der Waals surface area contributed by atoms with E-state index in [4.69, 9.17) is 4.43 Å². The molecule has 2 aromatic rings. The van der Waals surface area contributed by atoms with Crippen LogP contribution >= 0.6 is 15.9 Å². The molecule has 0 aliphatic carbocycles. The second-order valence-corrected chi connectivity index (χ2v) is 20.9. The van der Waals surface area contributed by atoms with Crippen LogP contribution in [0.5, 0.6) is 5.75 Å². The van der Waals surface area contributed by atoms with Crippen molar-refractivity contribution in [2.75, 3.05) is 0 Å². The summed E-state index contributed by atoms with van der Waals surface area (Å²) in [6, 6.07) is 6.60. The first kappa shape index (κ1) is 20.8. The van der Waals surface area contributed by atoms with E-state index < -0.39 is 16.6 Å². The van der Waals surface area contributed by atoms with Crippen molar-refractivity contribution >= 4 is 43.4 Å². The van der Waals surface area contributed by atoms with Crippen LogP contribution in [0.2, 0.25) is 36.3 Å². The van der Waals surface area contributed by atoms with Crippen LogP contribution in [0, 0.1) is 0 Å². The fourth-order valence-electron chi connectivity index (χ4n) is 2.50. The van der Waals surface area contributed by atoms with Gasteiger partial charge >= 0.3 is 0 Å². The molecule has 0 saturated carbocycles. The van der Waals surface area contributed by atoms with E-state index in [1.165, 1.54) is 10.9 Å². The Morgan fingerprint density at radius 3 is 1.96 bits per heavy atom. The second kappa shape index (κ2) is 6.27. The normalized spacial score (nSPS) is 14.2.